The number of halogens is 1. The Morgan fingerprint density at radius 2 is 2.00 bits per heavy atom. The van der Waals surface area contributed by atoms with Gasteiger partial charge in [0.05, 0.1) is 10.8 Å². The number of amides is 1. The molecule has 2 aliphatic heterocycles. The van der Waals surface area contributed by atoms with Gasteiger partial charge in [-0.05, 0) is 49.3 Å². The second-order valence-electron chi connectivity index (χ2n) is 7.94. The number of benzene rings is 1. The van der Waals surface area contributed by atoms with Crippen LogP contribution < -0.4 is 0 Å². The fraction of sp³-hybridized carbons (Fsp3) is 0.600. The molecule has 1 aromatic rings. The standard InChI is InChI=1S/C20H24ClNO4/c21-16-5-1-3-14(11-16)19(7-9-26-10-8-19)17(23)22-12-15-4-2-6-20(15,13-22)18(24)25/h1,3,5,11,15H,2,4,6-10,12-13H2,(H,24,25)/t15-,20+/m0/s1. The van der Waals surface area contributed by atoms with Gasteiger partial charge in [-0.15, -0.1) is 0 Å². The summed E-state index contributed by atoms with van der Waals surface area (Å²) in [6.45, 7) is 1.93. The maximum atomic E-state index is 13.7. The Labute approximate surface area is 158 Å². The van der Waals surface area contributed by atoms with E-state index in [9.17, 15) is 14.7 Å². The summed E-state index contributed by atoms with van der Waals surface area (Å²) in [6.07, 6.45) is 3.71. The number of hydrogen-bond acceptors (Lipinski definition) is 3. The van der Waals surface area contributed by atoms with Crippen molar-refractivity contribution in [2.45, 2.75) is 37.5 Å². The summed E-state index contributed by atoms with van der Waals surface area (Å²) >= 11 is 6.20. The Hall–Kier alpha value is -1.59. The van der Waals surface area contributed by atoms with Crippen molar-refractivity contribution in [1.29, 1.82) is 0 Å². The van der Waals surface area contributed by atoms with Crippen molar-refractivity contribution in [3.8, 4) is 0 Å². The van der Waals surface area contributed by atoms with E-state index in [-0.39, 0.29) is 11.8 Å². The van der Waals surface area contributed by atoms with Crippen molar-refractivity contribution in [2.24, 2.45) is 11.3 Å². The molecule has 0 aromatic heterocycles. The first-order chi connectivity index (χ1) is 12.5. The number of carboxylic acids is 1. The van der Waals surface area contributed by atoms with Gasteiger partial charge in [-0.2, -0.15) is 0 Å². The highest BCUT2D eigenvalue weighted by Crippen LogP contribution is 2.50. The number of aliphatic carboxylic acids is 1. The van der Waals surface area contributed by atoms with E-state index in [1.165, 1.54) is 0 Å². The van der Waals surface area contributed by atoms with Crippen LogP contribution in [-0.4, -0.2) is 48.2 Å². The van der Waals surface area contributed by atoms with Crippen LogP contribution in [0.3, 0.4) is 0 Å². The molecular weight excluding hydrogens is 354 g/mol. The van der Waals surface area contributed by atoms with Crippen LogP contribution in [0.2, 0.25) is 5.02 Å². The number of nitrogens with zero attached hydrogens (tertiary/aromatic N) is 1. The lowest BCUT2D eigenvalue weighted by Gasteiger charge is -2.39. The molecule has 0 spiro atoms. The molecule has 6 heteroatoms. The molecule has 0 bridgehead atoms. The summed E-state index contributed by atoms with van der Waals surface area (Å²) < 4.78 is 5.52. The van der Waals surface area contributed by atoms with Gasteiger partial charge < -0.3 is 14.7 Å². The molecule has 2 heterocycles. The minimum atomic E-state index is -0.754. The molecule has 1 N–H and O–H groups in total. The van der Waals surface area contributed by atoms with Crippen molar-refractivity contribution < 1.29 is 19.4 Å². The number of carbonyl (C=O) groups is 2. The fourth-order valence-electron chi connectivity index (χ4n) is 5.23. The minimum Gasteiger partial charge on any atom is -0.481 e. The van der Waals surface area contributed by atoms with Crippen LogP contribution in [0.4, 0.5) is 0 Å². The first kappa shape index (κ1) is 17.8. The Morgan fingerprint density at radius 1 is 1.23 bits per heavy atom. The summed E-state index contributed by atoms with van der Waals surface area (Å²) in [7, 11) is 0. The average Bonchev–Trinajstić information content (AvgIpc) is 3.20. The largest absolute Gasteiger partial charge is 0.481 e. The number of ether oxygens (including phenoxy) is 1. The molecule has 1 aliphatic carbocycles. The summed E-state index contributed by atoms with van der Waals surface area (Å²) in [6, 6.07) is 7.51. The maximum Gasteiger partial charge on any atom is 0.311 e. The normalized spacial score (nSPS) is 30.2. The molecule has 0 radical (unpaired) electrons. The molecule has 26 heavy (non-hydrogen) atoms. The molecule has 1 saturated carbocycles. The number of likely N-dealkylation sites (tertiary alicyclic amines) is 1. The number of hydrogen-bond donors (Lipinski definition) is 1. The predicted octanol–water partition coefficient (Wildman–Crippen LogP) is 3.10. The highest BCUT2D eigenvalue weighted by atomic mass is 35.5. The van der Waals surface area contributed by atoms with E-state index >= 15 is 0 Å². The first-order valence-corrected chi connectivity index (χ1v) is 9.72. The highest BCUT2D eigenvalue weighted by molar-refractivity contribution is 6.30. The molecular formula is C20H24ClNO4. The van der Waals surface area contributed by atoms with Crippen molar-refractivity contribution >= 4 is 23.5 Å². The van der Waals surface area contributed by atoms with Crippen molar-refractivity contribution in [2.75, 3.05) is 26.3 Å². The van der Waals surface area contributed by atoms with Gasteiger partial charge in [-0.1, -0.05) is 30.2 Å². The molecule has 1 aromatic carbocycles. The third-order valence-corrected chi connectivity index (χ3v) is 6.95. The molecule has 0 unspecified atom stereocenters. The van der Waals surface area contributed by atoms with Crippen LogP contribution in [0.25, 0.3) is 0 Å². The monoisotopic (exact) mass is 377 g/mol. The minimum absolute atomic E-state index is 0.0399. The second kappa shape index (κ2) is 6.54. The van der Waals surface area contributed by atoms with Crippen molar-refractivity contribution in [1.82, 2.24) is 4.90 Å². The fourth-order valence-corrected chi connectivity index (χ4v) is 5.42. The number of fused-ring (bicyclic) bond motifs is 1. The zero-order valence-electron chi connectivity index (χ0n) is 14.7. The Bertz CT molecular complexity index is 730. The van der Waals surface area contributed by atoms with Crippen LogP contribution in [0.1, 0.15) is 37.7 Å². The third-order valence-electron chi connectivity index (χ3n) is 6.72. The van der Waals surface area contributed by atoms with Crippen LogP contribution in [0.5, 0.6) is 0 Å². The second-order valence-corrected chi connectivity index (χ2v) is 8.38. The van der Waals surface area contributed by atoms with E-state index in [0.717, 1.165) is 18.4 Å². The molecule has 4 rings (SSSR count). The predicted molar refractivity (Wildman–Crippen MR) is 97.2 cm³/mol. The van der Waals surface area contributed by atoms with Crippen molar-refractivity contribution in [3.63, 3.8) is 0 Å². The lowest BCUT2D eigenvalue weighted by Crippen LogP contribution is -2.50. The van der Waals surface area contributed by atoms with Gasteiger partial charge in [0.1, 0.15) is 0 Å². The van der Waals surface area contributed by atoms with Crippen LogP contribution in [0, 0.1) is 11.3 Å². The van der Waals surface area contributed by atoms with E-state index in [2.05, 4.69) is 0 Å². The van der Waals surface area contributed by atoms with Gasteiger partial charge in [0.15, 0.2) is 0 Å². The van der Waals surface area contributed by atoms with E-state index in [4.69, 9.17) is 16.3 Å². The van der Waals surface area contributed by atoms with E-state index in [1.807, 2.05) is 29.2 Å². The molecule has 5 nitrogen and oxygen atoms in total. The lowest BCUT2D eigenvalue weighted by atomic mass is 9.73. The van der Waals surface area contributed by atoms with E-state index in [0.29, 0.717) is 50.6 Å². The van der Waals surface area contributed by atoms with E-state index in [1.54, 1.807) is 0 Å². The zero-order valence-corrected chi connectivity index (χ0v) is 15.5. The third kappa shape index (κ3) is 2.64. The van der Waals surface area contributed by atoms with Gasteiger partial charge in [0, 0.05) is 31.3 Å². The average molecular weight is 378 g/mol. The molecule has 3 aliphatic rings. The van der Waals surface area contributed by atoms with Gasteiger partial charge in [0.25, 0.3) is 0 Å². The summed E-state index contributed by atoms with van der Waals surface area (Å²) in [4.78, 5) is 27.4. The summed E-state index contributed by atoms with van der Waals surface area (Å²) in [5.74, 6) is -0.641. The van der Waals surface area contributed by atoms with Crippen molar-refractivity contribution in [3.05, 3.63) is 34.9 Å². The zero-order chi connectivity index (χ0) is 18.4. The highest BCUT2D eigenvalue weighted by Gasteiger charge is 2.58. The number of rotatable bonds is 3. The SMILES string of the molecule is O=C(N1C[C@@H]2CCC[C@@]2(C(=O)O)C1)C1(c2cccc(Cl)c2)CCOCC1. The van der Waals surface area contributed by atoms with Crippen LogP contribution in [0.15, 0.2) is 24.3 Å². The quantitative estimate of drug-likeness (QED) is 0.878. The van der Waals surface area contributed by atoms with E-state index < -0.39 is 16.8 Å². The first-order valence-electron chi connectivity index (χ1n) is 9.35. The number of carboxylic acid groups (broad SMARTS) is 1. The summed E-state index contributed by atoms with van der Waals surface area (Å²) in [5, 5.41) is 10.4. The lowest BCUT2D eigenvalue weighted by molar-refractivity contribution is -0.150. The van der Waals surface area contributed by atoms with Gasteiger partial charge in [0.2, 0.25) is 5.91 Å². The maximum absolute atomic E-state index is 13.7. The van der Waals surface area contributed by atoms with Crippen LogP contribution >= 0.6 is 11.6 Å². The molecule has 2 atom stereocenters. The topological polar surface area (TPSA) is 66.8 Å². The molecule has 140 valence electrons. The van der Waals surface area contributed by atoms with Gasteiger partial charge in [-0.25, -0.2) is 0 Å². The van der Waals surface area contributed by atoms with Crippen LogP contribution in [-0.2, 0) is 19.7 Å². The Balaban J connectivity index is 1.67. The molecule has 2 saturated heterocycles. The number of carbonyl (C=O) groups excluding carboxylic acids is 1. The Morgan fingerprint density at radius 3 is 2.65 bits per heavy atom. The Kier molecular flexibility index (Phi) is 4.48. The van der Waals surface area contributed by atoms with Gasteiger partial charge >= 0.3 is 5.97 Å². The summed E-state index contributed by atoms with van der Waals surface area (Å²) in [5.41, 5.74) is -0.502. The molecule has 1 amide bonds. The molecule has 3 fully saturated rings. The smallest absolute Gasteiger partial charge is 0.311 e. The van der Waals surface area contributed by atoms with Gasteiger partial charge in [-0.3, -0.25) is 9.59 Å².